The van der Waals surface area contributed by atoms with Gasteiger partial charge in [0.2, 0.25) is 5.91 Å². The molecule has 0 spiro atoms. The fourth-order valence-corrected chi connectivity index (χ4v) is 2.10. The number of rotatable bonds is 8. The van der Waals surface area contributed by atoms with Gasteiger partial charge in [0.25, 0.3) is 9.05 Å². The van der Waals surface area contributed by atoms with Crippen LogP contribution in [0.5, 0.6) is 0 Å². The molecule has 1 N–H and O–H groups in total. The highest BCUT2D eigenvalue weighted by Crippen LogP contribution is 2.15. The summed E-state index contributed by atoms with van der Waals surface area (Å²) in [7, 11) is 3.03. The third-order valence-corrected chi connectivity index (χ3v) is 3.73. The van der Waals surface area contributed by atoms with Crippen molar-refractivity contribution < 1.29 is 22.7 Å². The Morgan fingerprint density at radius 3 is 2.45 bits per heavy atom. The molecule has 1 aromatic carbocycles. The molecule has 112 valence electrons. The highest BCUT2D eigenvalue weighted by molar-refractivity contribution is 8.13. The van der Waals surface area contributed by atoms with Crippen LogP contribution < -0.4 is 5.32 Å². The molecule has 6 nitrogen and oxygen atoms in total. The van der Waals surface area contributed by atoms with Crippen LogP contribution in [-0.4, -0.2) is 41.3 Å². The number of carbonyl (C=O) groups is 1. The molecule has 0 saturated carbocycles. The van der Waals surface area contributed by atoms with Gasteiger partial charge < -0.3 is 14.8 Å². The molecule has 0 atom stereocenters. The van der Waals surface area contributed by atoms with Crippen molar-refractivity contribution in [3.63, 3.8) is 0 Å². The predicted octanol–water partition coefficient (Wildman–Crippen LogP) is 0.893. The van der Waals surface area contributed by atoms with Crippen LogP contribution in [0, 0.1) is 0 Å². The van der Waals surface area contributed by atoms with Crippen LogP contribution >= 0.6 is 10.7 Å². The van der Waals surface area contributed by atoms with Crippen molar-refractivity contribution in [1.29, 1.82) is 0 Å². The number of methoxy groups -OCH3 is 1. The normalized spacial score (nSPS) is 11.3. The Balaban J connectivity index is 2.37. The first-order valence-corrected chi connectivity index (χ1v) is 8.11. The number of benzene rings is 1. The van der Waals surface area contributed by atoms with Crippen LogP contribution in [0.3, 0.4) is 0 Å². The zero-order valence-corrected chi connectivity index (χ0v) is 12.5. The van der Waals surface area contributed by atoms with Crippen molar-refractivity contribution in [2.24, 2.45) is 0 Å². The predicted molar refractivity (Wildman–Crippen MR) is 74.0 cm³/mol. The number of amides is 1. The van der Waals surface area contributed by atoms with E-state index >= 15 is 0 Å². The molecule has 0 bridgehead atoms. The minimum absolute atomic E-state index is 0.0251. The van der Waals surface area contributed by atoms with Crippen LogP contribution in [0.4, 0.5) is 0 Å². The van der Waals surface area contributed by atoms with Gasteiger partial charge in [-0.2, -0.15) is 0 Å². The Morgan fingerprint density at radius 1 is 1.25 bits per heavy atom. The van der Waals surface area contributed by atoms with E-state index in [0.717, 1.165) is 5.56 Å². The van der Waals surface area contributed by atoms with Crippen LogP contribution in [0.2, 0.25) is 0 Å². The maximum Gasteiger partial charge on any atom is 0.261 e. The van der Waals surface area contributed by atoms with E-state index < -0.39 is 9.05 Å². The first-order chi connectivity index (χ1) is 9.43. The van der Waals surface area contributed by atoms with Crippen molar-refractivity contribution in [1.82, 2.24) is 5.32 Å². The Kier molecular flexibility index (Phi) is 6.94. The molecule has 8 heteroatoms. The van der Waals surface area contributed by atoms with Gasteiger partial charge in [-0.15, -0.1) is 0 Å². The van der Waals surface area contributed by atoms with E-state index in [1.54, 1.807) is 19.2 Å². The minimum Gasteiger partial charge on any atom is -0.382 e. The van der Waals surface area contributed by atoms with Crippen LogP contribution in [0.25, 0.3) is 0 Å². The molecule has 1 aromatic rings. The molecule has 1 rings (SSSR count). The van der Waals surface area contributed by atoms with E-state index in [0.29, 0.717) is 13.2 Å². The summed E-state index contributed by atoms with van der Waals surface area (Å²) in [6.45, 7) is 1.03. The summed E-state index contributed by atoms with van der Waals surface area (Å²) >= 11 is 0. The first-order valence-electron chi connectivity index (χ1n) is 5.80. The molecule has 0 saturated heterocycles. The molecule has 0 aliphatic rings. The Bertz CT molecular complexity index is 529. The van der Waals surface area contributed by atoms with E-state index in [-0.39, 0.29) is 24.0 Å². The summed E-state index contributed by atoms with van der Waals surface area (Å²) in [5, 5.41) is 2.65. The SMILES string of the molecule is COCCOCC(=O)NCc1ccc(S(=O)(=O)Cl)cc1. The lowest BCUT2D eigenvalue weighted by Gasteiger charge is -2.06. The van der Waals surface area contributed by atoms with Gasteiger partial charge in [-0.25, -0.2) is 8.42 Å². The van der Waals surface area contributed by atoms with Crippen molar-refractivity contribution in [2.75, 3.05) is 26.9 Å². The van der Waals surface area contributed by atoms with Crippen LogP contribution in [0.1, 0.15) is 5.56 Å². The second kappa shape index (κ2) is 8.21. The number of ether oxygens (including phenoxy) is 2. The van der Waals surface area contributed by atoms with Crippen molar-refractivity contribution >= 4 is 25.6 Å². The van der Waals surface area contributed by atoms with Crippen LogP contribution in [-0.2, 0) is 29.9 Å². The molecule has 0 heterocycles. The molecule has 0 aliphatic carbocycles. The molecule has 0 radical (unpaired) electrons. The van der Waals surface area contributed by atoms with E-state index in [9.17, 15) is 13.2 Å². The van der Waals surface area contributed by atoms with Crippen molar-refractivity contribution in [2.45, 2.75) is 11.4 Å². The molecular weight excluding hydrogens is 306 g/mol. The summed E-state index contributed by atoms with van der Waals surface area (Å²) in [6.07, 6.45) is 0. The van der Waals surface area contributed by atoms with Gasteiger partial charge in [0.15, 0.2) is 0 Å². The topological polar surface area (TPSA) is 81.7 Å². The van der Waals surface area contributed by atoms with E-state index in [1.165, 1.54) is 12.1 Å². The quantitative estimate of drug-likeness (QED) is 0.568. The molecule has 0 unspecified atom stereocenters. The van der Waals surface area contributed by atoms with Crippen molar-refractivity contribution in [3.05, 3.63) is 29.8 Å². The Hall–Kier alpha value is -1.15. The Labute approximate surface area is 122 Å². The second-order valence-electron chi connectivity index (χ2n) is 3.90. The molecule has 0 fully saturated rings. The van der Waals surface area contributed by atoms with Gasteiger partial charge in [0.05, 0.1) is 18.1 Å². The van der Waals surface area contributed by atoms with Gasteiger partial charge in [-0.1, -0.05) is 12.1 Å². The van der Waals surface area contributed by atoms with Gasteiger partial charge in [-0.3, -0.25) is 4.79 Å². The Morgan fingerprint density at radius 2 is 1.90 bits per heavy atom. The van der Waals surface area contributed by atoms with Gasteiger partial charge >= 0.3 is 0 Å². The summed E-state index contributed by atoms with van der Waals surface area (Å²) in [6, 6.07) is 5.94. The zero-order chi connectivity index (χ0) is 15.0. The summed E-state index contributed by atoms with van der Waals surface area (Å²) in [4.78, 5) is 11.4. The number of halogens is 1. The molecular formula is C12H16ClNO5S. The monoisotopic (exact) mass is 321 g/mol. The van der Waals surface area contributed by atoms with E-state index in [4.69, 9.17) is 20.2 Å². The van der Waals surface area contributed by atoms with Gasteiger partial charge in [0.1, 0.15) is 6.61 Å². The average molecular weight is 322 g/mol. The fourth-order valence-electron chi connectivity index (χ4n) is 1.33. The molecule has 20 heavy (non-hydrogen) atoms. The van der Waals surface area contributed by atoms with E-state index in [2.05, 4.69) is 5.32 Å². The number of carbonyl (C=O) groups excluding carboxylic acids is 1. The van der Waals surface area contributed by atoms with Crippen molar-refractivity contribution in [3.8, 4) is 0 Å². The maximum atomic E-state index is 11.4. The third kappa shape index (κ3) is 6.33. The number of hydrogen-bond acceptors (Lipinski definition) is 5. The number of hydrogen-bond donors (Lipinski definition) is 1. The largest absolute Gasteiger partial charge is 0.382 e. The lowest BCUT2D eigenvalue weighted by Crippen LogP contribution is -2.27. The molecule has 1 amide bonds. The smallest absolute Gasteiger partial charge is 0.261 e. The molecule has 0 aromatic heterocycles. The lowest BCUT2D eigenvalue weighted by atomic mass is 10.2. The lowest BCUT2D eigenvalue weighted by molar-refractivity contribution is -0.126. The van der Waals surface area contributed by atoms with E-state index in [1.807, 2.05) is 0 Å². The number of nitrogens with one attached hydrogen (secondary N) is 1. The second-order valence-corrected chi connectivity index (χ2v) is 6.47. The highest BCUT2D eigenvalue weighted by atomic mass is 35.7. The highest BCUT2D eigenvalue weighted by Gasteiger charge is 2.09. The minimum atomic E-state index is -3.72. The summed E-state index contributed by atoms with van der Waals surface area (Å²) in [5.41, 5.74) is 0.763. The summed E-state index contributed by atoms with van der Waals surface area (Å²) < 4.78 is 31.9. The molecule has 0 aliphatic heterocycles. The standard InChI is InChI=1S/C12H16ClNO5S/c1-18-6-7-19-9-12(15)14-8-10-2-4-11(5-3-10)20(13,16)17/h2-5H,6-9H2,1H3,(H,14,15). The fraction of sp³-hybridized carbons (Fsp3) is 0.417. The van der Waals surface area contributed by atoms with Gasteiger partial charge in [0, 0.05) is 24.3 Å². The maximum absolute atomic E-state index is 11.4. The first kappa shape index (κ1) is 16.9. The zero-order valence-electron chi connectivity index (χ0n) is 11.0. The van der Waals surface area contributed by atoms with Crippen LogP contribution in [0.15, 0.2) is 29.2 Å². The average Bonchev–Trinajstić information content (AvgIpc) is 2.41. The summed E-state index contributed by atoms with van der Waals surface area (Å²) in [5.74, 6) is -0.254. The third-order valence-electron chi connectivity index (χ3n) is 2.36. The van der Waals surface area contributed by atoms with Gasteiger partial charge in [-0.05, 0) is 17.7 Å².